The van der Waals surface area contributed by atoms with Crippen molar-refractivity contribution in [1.29, 1.82) is 0 Å². The summed E-state index contributed by atoms with van der Waals surface area (Å²) in [5.74, 6) is -4.25. The van der Waals surface area contributed by atoms with Crippen molar-refractivity contribution in [2.45, 2.75) is 13.8 Å². The van der Waals surface area contributed by atoms with Crippen molar-refractivity contribution in [2.24, 2.45) is 0 Å². The average molecular weight is 386 g/mol. The van der Waals surface area contributed by atoms with E-state index in [1.165, 1.54) is 26.0 Å². The minimum absolute atomic E-state index is 0.0456. The van der Waals surface area contributed by atoms with Gasteiger partial charge in [0.25, 0.3) is 11.8 Å². The maximum absolute atomic E-state index is 12.3. The molecular formula is C16H10N4O8. The Kier molecular flexibility index (Phi) is 4.11. The van der Waals surface area contributed by atoms with Crippen molar-refractivity contribution in [3.63, 3.8) is 0 Å². The third kappa shape index (κ3) is 2.55. The molecule has 0 unspecified atom stereocenters. The molecule has 2 aliphatic rings. The third-order valence-electron chi connectivity index (χ3n) is 4.27. The number of amides is 4. The van der Waals surface area contributed by atoms with Gasteiger partial charge in [0, 0.05) is 0 Å². The minimum Gasteiger partial charge on any atom is -0.269 e. The van der Waals surface area contributed by atoms with Gasteiger partial charge >= 0.3 is 23.2 Å². The quantitative estimate of drug-likeness (QED) is 0.407. The summed E-state index contributed by atoms with van der Waals surface area (Å²) in [6.07, 6.45) is 1.15. The second-order valence-corrected chi connectivity index (χ2v) is 5.91. The summed E-state index contributed by atoms with van der Waals surface area (Å²) < 4.78 is 0. The highest BCUT2D eigenvalue weighted by Crippen LogP contribution is 2.37. The van der Waals surface area contributed by atoms with Gasteiger partial charge in [0.05, 0.1) is 33.4 Å². The Morgan fingerprint density at radius 2 is 1.25 bits per heavy atom. The molecule has 0 aliphatic carbocycles. The lowest BCUT2D eigenvalue weighted by Crippen LogP contribution is -2.35. The third-order valence-corrected chi connectivity index (χ3v) is 4.27. The van der Waals surface area contributed by atoms with Gasteiger partial charge in [0.1, 0.15) is 0 Å². The second kappa shape index (κ2) is 6.19. The van der Waals surface area contributed by atoms with E-state index in [4.69, 9.17) is 0 Å². The van der Waals surface area contributed by atoms with Crippen LogP contribution in [0.4, 0.5) is 11.4 Å². The molecule has 0 saturated heterocycles. The maximum atomic E-state index is 12.3. The number of hydrogen-bond acceptors (Lipinski definition) is 8. The number of nitro groups is 2. The molecule has 1 aromatic rings. The Morgan fingerprint density at radius 1 is 0.786 bits per heavy atom. The van der Waals surface area contributed by atoms with Crippen molar-refractivity contribution in [3.8, 4) is 0 Å². The molecule has 2 heterocycles. The van der Waals surface area contributed by atoms with E-state index in [0.29, 0.717) is 27.5 Å². The number of benzene rings is 1. The normalized spacial score (nSPS) is 16.6. The number of carbonyl (C=O) groups excluding carboxylic acids is 4. The van der Waals surface area contributed by atoms with Gasteiger partial charge in [-0.2, -0.15) is 0 Å². The van der Waals surface area contributed by atoms with Crippen molar-refractivity contribution >= 4 is 35.0 Å². The molecular weight excluding hydrogens is 376 g/mol. The molecule has 1 aromatic carbocycles. The van der Waals surface area contributed by atoms with E-state index in [1.807, 2.05) is 0 Å². The highest BCUT2D eigenvalue weighted by atomic mass is 16.6. The second-order valence-electron chi connectivity index (χ2n) is 5.91. The molecule has 28 heavy (non-hydrogen) atoms. The van der Waals surface area contributed by atoms with Crippen LogP contribution in [0.5, 0.6) is 0 Å². The highest BCUT2D eigenvalue weighted by molar-refractivity contribution is 6.32. The monoisotopic (exact) mass is 386 g/mol. The molecule has 0 saturated carbocycles. The fourth-order valence-corrected chi connectivity index (χ4v) is 3.03. The van der Waals surface area contributed by atoms with Crippen LogP contribution >= 0.6 is 0 Å². The van der Waals surface area contributed by atoms with Gasteiger partial charge in [-0.3, -0.25) is 39.4 Å². The lowest BCUT2D eigenvalue weighted by Gasteiger charge is -2.23. The van der Waals surface area contributed by atoms with Gasteiger partial charge in [0.15, 0.2) is 0 Å². The fraction of sp³-hybridized carbons (Fsp3) is 0.125. The Balaban J connectivity index is 2.11. The lowest BCUT2D eigenvalue weighted by molar-refractivity contribution is -0.418. The zero-order valence-electron chi connectivity index (χ0n) is 14.4. The molecule has 0 aromatic heterocycles. The summed E-state index contributed by atoms with van der Waals surface area (Å²) in [7, 11) is 0. The average Bonchev–Trinajstić information content (AvgIpc) is 3.06. The number of carbonyl (C=O) groups is 4. The van der Waals surface area contributed by atoms with Crippen LogP contribution in [0.15, 0.2) is 35.7 Å². The van der Waals surface area contributed by atoms with E-state index >= 15 is 0 Å². The van der Waals surface area contributed by atoms with Crippen molar-refractivity contribution in [1.82, 2.24) is 0 Å². The van der Waals surface area contributed by atoms with E-state index in [2.05, 4.69) is 0 Å². The van der Waals surface area contributed by atoms with Crippen molar-refractivity contribution in [3.05, 3.63) is 67.0 Å². The molecule has 3 rings (SSSR count). The predicted octanol–water partition coefficient (Wildman–Crippen LogP) is 0.371. The van der Waals surface area contributed by atoms with E-state index in [1.54, 1.807) is 0 Å². The summed E-state index contributed by atoms with van der Waals surface area (Å²) in [4.78, 5) is 69.8. The number of nitrogens with zero attached hydrogens (tertiary/aromatic N) is 4. The van der Waals surface area contributed by atoms with Crippen LogP contribution in [-0.4, -0.2) is 33.5 Å². The zero-order chi connectivity index (χ0) is 20.9. The van der Waals surface area contributed by atoms with Crippen LogP contribution in [0.25, 0.3) is 0 Å². The van der Waals surface area contributed by atoms with Crippen LogP contribution in [0, 0.1) is 34.1 Å². The van der Waals surface area contributed by atoms with Gasteiger partial charge in [-0.25, -0.2) is 9.80 Å². The maximum Gasteiger partial charge on any atom is 0.340 e. The first-order valence-corrected chi connectivity index (χ1v) is 7.65. The molecule has 142 valence electrons. The minimum atomic E-state index is -1.17. The Hall–Kier alpha value is -4.22. The molecule has 0 spiro atoms. The number of hydrogen-bond donors (Lipinski definition) is 0. The number of imide groups is 2. The Bertz CT molecular complexity index is 1080. The van der Waals surface area contributed by atoms with Crippen LogP contribution in [-0.2, 0) is 19.2 Å². The van der Waals surface area contributed by atoms with Gasteiger partial charge in [-0.1, -0.05) is 6.07 Å². The van der Waals surface area contributed by atoms with E-state index in [0.717, 1.165) is 0 Å². The largest absolute Gasteiger partial charge is 0.340 e. The standard InChI is InChI=1S/C16H10N4O8/c1-7-3-4-9(17-12(21)5-10(15(17)23)19(25)26)8(2)14(7)18-13(22)6-11(16(18)24)20(27)28/h3-6H,1-2H3. The summed E-state index contributed by atoms with van der Waals surface area (Å²) >= 11 is 0. The topological polar surface area (TPSA) is 161 Å². The molecule has 2 aliphatic heterocycles. The van der Waals surface area contributed by atoms with Crippen molar-refractivity contribution < 1.29 is 29.0 Å². The predicted molar refractivity (Wildman–Crippen MR) is 91.1 cm³/mol. The Labute approximate surface area is 155 Å². The molecule has 0 fully saturated rings. The number of anilines is 2. The Morgan fingerprint density at radius 3 is 1.71 bits per heavy atom. The molecule has 12 nitrogen and oxygen atoms in total. The summed E-state index contributed by atoms with van der Waals surface area (Å²) in [6.45, 7) is 2.90. The summed E-state index contributed by atoms with van der Waals surface area (Å²) in [6, 6.07) is 2.71. The van der Waals surface area contributed by atoms with Crippen LogP contribution in [0.1, 0.15) is 11.1 Å². The smallest absolute Gasteiger partial charge is 0.269 e. The molecule has 12 heteroatoms. The first-order chi connectivity index (χ1) is 13.1. The van der Waals surface area contributed by atoms with Crippen LogP contribution in [0.2, 0.25) is 0 Å². The molecule has 0 N–H and O–H groups in total. The number of aryl methyl sites for hydroxylation is 1. The summed E-state index contributed by atoms with van der Waals surface area (Å²) in [5, 5.41) is 21.8. The van der Waals surface area contributed by atoms with E-state index in [-0.39, 0.29) is 16.9 Å². The van der Waals surface area contributed by atoms with Crippen molar-refractivity contribution in [2.75, 3.05) is 9.80 Å². The van der Waals surface area contributed by atoms with Gasteiger partial charge in [-0.15, -0.1) is 0 Å². The number of rotatable bonds is 4. The van der Waals surface area contributed by atoms with E-state index in [9.17, 15) is 39.4 Å². The first kappa shape index (κ1) is 18.6. The molecule has 4 amide bonds. The lowest BCUT2D eigenvalue weighted by atomic mass is 10.0. The van der Waals surface area contributed by atoms with E-state index < -0.39 is 44.9 Å². The molecule has 0 bridgehead atoms. The summed E-state index contributed by atoms with van der Waals surface area (Å²) in [5.41, 5.74) is -1.51. The molecule has 0 radical (unpaired) electrons. The molecule has 0 atom stereocenters. The SMILES string of the molecule is Cc1ccc(N2C(=O)C=C([N+](=O)[O-])C2=O)c(C)c1N1C(=O)C=C([N+](=O)[O-])C1=O. The van der Waals surface area contributed by atoms with Crippen LogP contribution in [0.3, 0.4) is 0 Å². The van der Waals surface area contributed by atoms with Gasteiger partial charge in [-0.05, 0) is 31.0 Å². The van der Waals surface area contributed by atoms with Gasteiger partial charge in [0.2, 0.25) is 0 Å². The van der Waals surface area contributed by atoms with Gasteiger partial charge < -0.3 is 0 Å². The van der Waals surface area contributed by atoms with Crippen LogP contribution < -0.4 is 9.80 Å². The highest BCUT2D eigenvalue weighted by Gasteiger charge is 2.44. The fourth-order valence-electron chi connectivity index (χ4n) is 3.03. The first-order valence-electron chi connectivity index (χ1n) is 7.65. The zero-order valence-corrected chi connectivity index (χ0v) is 14.4.